The molecule has 0 saturated heterocycles. The first kappa shape index (κ1) is 8.73. The minimum atomic E-state index is 0.250. The maximum absolute atomic E-state index is 9.62. The molecule has 0 spiro atoms. The normalized spacial score (nSPS) is 11.3. The Bertz CT molecular complexity index is 660. The topological polar surface area (TPSA) is 48.9 Å². The number of aromatic nitrogens is 2. The maximum atomic E-state index is 9.62. The van der Waals surface area contributed by atoms with Gasteiger partial charge >= 0.3 is 0 Å². The molecule has 3 aromatic rings. The molecule has 2 aromatic heterocycles. The number of fused-ring (bicyclic) bond motifs is 3. The quantitative estimate of drug-likeness (QED) is 0.654. The lowest BCUT2D eigenvalue weighted by Crippen LogP contribution is -1.70. The van der Waals surface area contributed by atoms with Gasteiger partial charge in [-0.2, -0.15) is 0 Å². The van der Waals surface area contributed by atoms with Crippen molar-refractivity contribution in [2.24, 2.45) is 0 Å². The van der Waals surface area contributed by atoms with Gasteiger partial charge in [0.15, 0.2) is 0 Å². The Morgan fingerprint density at radius 2 is 2.07 bits per heavy atom. The van der Waals surface area contributed by atoms with Crippen LogP contribution in [0.1, 0.15) is 0 Å². The van der Waals surface area contributed by atoms with E-state index in [9.17, 15) is 5.11 Å². The van der Waals surface area contributed by atoms with Gasteiger partial charge in [0, 0.05) is 22.5 Å². The van der Waals surface area contributed by atoms with Crippen LogP contribution in [0, 0.1) is 0 Å². The molecular formula is C11H7BrN2O. The Hall–Kier alpha value is -1.55. The molecule has 2 heterocycles. The summed E-state index contributed by atoms with van der Waals surface area (Å²) in [6.07, 6.45) is 3.52. The number of halogens is 1. The Kier molecular flexibility index (Phi) is 1.73. The summed E-state index contributed by atoms with van der Waals surface area (Å²) >= 11 is 3.29. The molecule has 3 rings (SSSR count). The van der Waals surface area contributed by atoms with Gasteiger partial charge in [-0.3, -0.25) is 4.98 Å². The van der Waals surface area contributed by atoms with Crippen LogP contribution in [-0.4, -0.2) is 15.1 Å². The van der Waals surface area contributed by atoms with Crippen LogP contribution in [0.3, 0.4) is 0 Å². The highest BCUT2D eigenvalue weighted by molar-refractivity contribution is 9.10. The third-order valence-corrected chi connectivity index (χ3v) is 3.10. The summed E-state index contributed by atoms with van der Waals surface area (Å²) in [4.78, 5) is 7.29. The molecule has 3 nitrogen and oxygen atoms in total. The highest BCUT2D eigenvalue weighted by Gasteiger charge is 2.07. The van der Waals surface area contributed by atoms with E-state index in [1.807, 2.05) is 12.1 Å². The van der Waals surface area contributed by atoms with Gasteiger partial charge in [0.05, 0.1) is 16.2 Å². The average Bonchev–Trinajstić information content (AvgIpc) is 2.57. The first-order valence-corrected chi connectivity index (χ1v) is 5.29. The van der Waals surface area contributed by atoms with E-state index in [2.05, 4.69) is 25.9 Å². The van der Waals surface area contributed by atoms with Gasteiger partial charge in [-0.1, -0.05) is 0 Å². The van der Waals surface area contributed by atoms with Crippen LogP contribution in [0.15, 0.2) is 35.1 Å². The fourth-order valence-electron chi connectivity index (χ4n) is 1.76. The Balaban J connectivity index is 2.56. The molecule has 0 aliphatic carbocycles. The molecular weight excluding hydrogens is 256 g/mol. The van der Waals surface area contributed by atoms with Crippen molar-refractivity contribution in [1.29, 1.82) is 0 Å². The fourth-order valence-corrected chi connectivity index (χ4v) is 2.11. The predicted octanol–water partition coefficient (Wildman–Crippen LogP) is 3.18. The number of phenols is 1. The number of aromatic hydroxyl groups is 1. The monoisotopic (exact) mass is 262 g/mol. The highest BCUT2D eigenvalue weighted by atomic mass is 79.9. The summed E-state index contributed by atoms with van der Waals surface area (Å²) in [5, 5.41) is 11.7. The van der Waals surface area contributed by atoms with Crippen molar-refractivity contribution in [2.45, 2.75) is 0 Å². The van der Waals surface area contributed by atoms with Gasteiger partial charge in [0.2, 0.25) is 0 Å². The molecule has 15 heavy (non-hydrogen) atoms. The number of benzene rings is 1. The number of hydrogen-bond donors (Lipinski definition) is 2. The van der Waals surface area contributed by atoms with Crippen molar-refractivity contribution < 1.29 is 5.11 Å². The molecule has 74 valence electrons. The summed E-state index contributed by atoms with van der Waals surface area (Å²) in [5.74, 6) is 0.250. The van der Waals surface area contributed by atoms with Crippen molar-refractivity contribution in [3.8, 4) is 5.75 Å². The standard InChI is InChI=1S/C11H7BrN2O/c12-8-4-9-7(3-11(8)15)6-1-2-13-5-10(6)14-9/h1-5,14-15H. The average molecular weight is 263 g/mol. The van der Waals surface area contributed by atoms with E-state index in [4.69, 9.17) is 0 Å². The Labute approximate surface area is 93.9 Å². The van der Waals surface area contributed by atoms with Crippen LogP contribution in [0.25, 0.3) is 21.8 Å². The maximum Gasteiger partial charge on any atom is 0.130 e. The van der Waals surface area contributed by atoms with Gasteiger partial charge in [0.1, 0.15) is 5.75 Å². The smallest absolute Gasteiger partial charge is 0.130 e. The van der Waals surface area contributed by atoms with Crippen molar-refractivity contribution in [1.82, 2.24) is 9.97 Å². The number of aromatic amines is 1. The van der Waals surface area contributed by atoms with Gasteiger partial charge in [-0.05, 0) is 34.1 Å². The second-order valence-electron chi connectivity index (χ2n) is 3.40. The molecule has 0 aliphatic heterocycles. The second kappa shape index (κ2) is 2.97. The number of H-pyrrole nitrogens is 1. The molecule has 2 N–H and O–H groups in total. The number of rotatable bonds is 0. The predicted molar refractivity (Wildman–Crippen MR) is 63.0 cm³/mol. The lowest BCUT2D eigenvalue weighted by Gasteiger charge is -1.96. The van der Waals surface area contributed by atoms with E-state index in [1.54, 1.807) is 18.5 Å². The van der Waals surface area contributed by atoms with Crippen molar-refractivity contribution in [3.05, 3.63) is 35.1 Å². The minimum absolute atomic E-state index is 0.250. The first-order chi connectivity index (χ1) is 7.25. The molecule has 0 aliphatic rings. The van der Waals surface area contributed by atoms with Crippen LogP contribution in [0.5, 0.6) is 5.75 Å². The molecule has 0 radical (unpaired) electrons. The Morgan fingerprint density at radius 1 is 1.20 bits per heavy atom. The van der Waals surface area contributed by atoms with Gasteiger partial charge in [-0.15, -0.1) is 0 Å². The van der Waals surface area contributed by atoms with Crippen molar-refractivity contribution in [3.63, 3.8) is 0 Å². The molecule has 0 saturated carbocycles. The zero-order chi connectivity index (χ0) is 10.4. The molecule has 0 amide bonds. The summed E-state index contributed by atoms with van der Waals surface area (Å²) in [6.45, 7) is 0. The van der Waals surface area contributed by atoms with Crippen LogP contribution >= 0.6 is 15.9 Å². The third kappa shape index (κ3) is 1.22. The number of nitrogens with zero attached hydrogens (tertiary/aromatic N) is 1. The number of hydrogen-bond acceptors (Lipinski definition) is 2. The van der Waals surface area contributed by atoms with Crippen molar-refractivity contribution >= 4 is 37.7 Å². The molecule has 4 heteroatoms. The minimum Gasteiger partial charge on any atom is -0.507 e. The van der Waals surface area contributed by atoms with E-state index in [-0.39, 0.29) is 5.75 Å². The van der Waals surface area contributed by atoms with Gasteiger partial charge < -0.3 is 10.1 Å². The largest absolute Gasteiger partial charge is 0.507 e. The zero-order valence-electron chi connectivity index (χ0n) is 7.66. The van der Waals surface area contributed by atoms with Crippen LogP contribution in [0.4, 0.5) is 0 Å². The zero-order valence-corrected chi connectivity index (χ0v) is 9.25. The summed E-state index contributed by atoms with van der Waals surface area (Å²) < 4.78 is 0.689. The fraction of sp³-hybridized carbons (Fsp3) is 0. The SMILES string of the molecule is Oc1cc2c(cc1Br)[nH]c1cnccc12. The van der Waals surface area contributed by atoms with E-state index in [1.165, 1.54) is 0 Å². The molecule has 0 bridgehead atoms. The number of pyridine rings is 1. The number of phenolic OH excluding ortho intramolecular Hbond substituents is 1. The van der Waals surface area contributed by atoms with Gasteiger partial charge in [0.25, 0.3) is 0 Å². The number of nitrogens with one attached hydrogen (secondary N) is 1. The second-order valence-corrected chi connectivity index (χ2v) is 4.25. The van der Waals surface area contributed by atoms with E-state index in [0.29, 0.717) is 4.47 Å². The van der Waals surface area contributed by atoms with Gasteiger partial charge in [-0.25, -0.2) is 0 Å². The lowest BCUT2D eigenvalue weighted by molar-refractivity contribution is 0.473. The molecule has 0 atom stereocenters. The molecule has 0 fully saturated rings. The summed E-state index contributed by atoms with van der Waals surface area (Å²) in [5.41, 5.74) is 1.97. The van der Waals surface area contributed by atoms with Crippen LogP contribution in [-0.2, 0) is 0 Å². The van der Waals surface area contributed by atoms with E-state index < -0.39 is 0 Å². The molecule has 0 unspecified atom stereocenters. The van der Waals surface area contributed by atoms with Crippen molar-refractivity contribution in [2.75, 3.05) is 0 Å². The van der Waals surface area contributed by atoms with E-state index >= 15 is 0 Å². The Morgan fingerprint density at radius 3 is 2.93 bits per heavy atom. The van der Waals surface area contributed by atoms with E-state index in [0.717, 1.165) is 21.8 Å². The van der Waals surface area contributed by atoms with Crippen LogP contribution in [0.2, 0.25) is 0 Å². The molecule has 1 aromatic carbocycles. The lowest BCUT2D eigenvalue weighted by atomic mass is 10.2. The first-order valence-electron chi connectivity index (χ1n) is 4.49. The highest BCUT2D eigenvalue weighted by Crippen LogP contribution is 2.32. The van der Waals surface area contributed by atoms with Crippen LogP contribution < -0.4 is 0 Å². The summed E-state index contributed by atoms with van der Waals surface area (Å²) in [7, 11) is 0. The summed E-state index contributed by atoms with van der Waals surface area (Å²) in [6, 6.07) is 5.55. The third-order valence-electron chi connectivity index (χ3n) is 2.47.